The molecule has 6 heteroatoms. The van der Waals surface area contributed by atoms with Gasteiger partial charge in [-0.05, 0) is 31.0 Å². The third kappa shape index (κ3) is 3.82. The number of carbonyl (C=O) groups is 2. The Morgan fingerprint density at radius 2 is 2.05 bits per heavy atom. The van der Waals surface area contributed by atoms with Crippen LogP contribution in [-0.2, 0) is 4.79 Å². The van der Waals surface area contributed by atoms with Crippen molar-refractivity contribution in [3.63, 3.8) is 0 Å². The summed E-state index contributed by atoms with van der Waals surface area (Å²) in [7, 11) is 0. The molecule has 21 heavy (non-hydrogen) atoms. The van der Waals surface area contributed by atoms with Crippen LogP contribution in [0.2, 0.25) is 0 Å². The number of hydrogen-bond donors (Lipinski definition) is 2. The molecule has 0 radical (unpaired) electrons. The summed E-state index contributed by atoms with van der Waals surface area (Å²) in [5.41, 5.74) is 2.36. The first-order valence-corrected chi connectivity index (χ1v) is 7.21. The molecule has 0 aliphatic rings. The van der Waals surface area contributed by atoms with E-state index < -0.39 is 11.9 Å². The number of carboxylic acids is 1. The Kier molecular flexibility index (Phi) is 4.59. The topological polar surface area (TPSA) is 75.6 Å². The fraction of sp³-hybridized carbons (Fsp3) is 0.200. The number of nitrogens with one attached hydrogen (secondary N) is 1. The molecule has 0 unspecified atom stereocenters. The molecule has 2 aromatic rings. The van der Waals surface area contributed by atoms with Crippen LogP contribution in [0.3, 0.4) is 0 Å². The number of rotatable bonds is 5. The van der Waals surface area contributed by atoms with Gasteiger partial charge in [-0.25, -0.2) is 4.79 Å². The van der Waals surface area contributed by atoms with Crippen LogP contribution in [-0.4, -0.2) is 23.6 Å². The number of hydrogen-bond acceptors (Lipinski definition) is 4. The highest BCUT2D eigenvalue weighted by molar-refractivity contribution is 7.08. The largest absolute Gasteiger partial charge is 0.483 e. The van der Waals surface area contributed by atoms with Crippen molar-refractivity contribution in [1.82, 2.24) is 0 Å². The van der Waals surface area contributed by atoms with Crippen molar-refractivity contribution in [2.45, 2.75) is 13.8 Å². The number of thiophene rings is 1. The molecule has 1 aromatic heterocycles. The smallest absolute Gasteiger partial charge is 0.338 e. The lowest BCUT2D eigenvalue weighted by atomic mass is 10.1. The first-order valence-electron chi connectivity index (χ1n) is 6.26. The van der Waals surface area contributed by atoms with Crippen LogP contribution in [0.4, 0.5) is 5.69 Å². The molecule has 0 bridgehead atoms. The summed E-state index contributed by atoms with van der Waals surface area (Å²) in [6.45, 7) is 3.67. The Morgan fingerprint density at radius 3 is 2.76 bits per heavy atom. The van der Waals surface area contributed by atoms with E-state index in [4.69, 9.17) is 9.84 Å². The fourth-order valence-electron chi connectivity index (χ4n) is 1.75. The lowest BCUT2D eigenvalue weighted by Gasteiger charge is -2.10. The Morgan fingerprint density at radius 1 is 1.29 bits per heavy atom. The highest BCUT2D eigenvalue weighted by Crippen LogP contribution is 2.21. The Hall–Kier alpha value is -2.34. The number of ether oxygens (including phenoxy) is 1. The maximum absolute atomic E-state index is 11.8. The standard InChI is InChI=1S/C15H15NO4S/c1-9-3-4-10(2)13(5-9)20-6-14(17)16-12-8-21-7-11(12)15(18)19/h3-5,7-8H,6H2,1-2H3,(H,16,17)(H,18,19). The van der Waals surface area contributed by atoms with Gasteiger partial charge in [-0.1, -0.05) is 12.1 Å². The minimum Gasteiger partial charge on any atom is -0.483 e. The predicted octanol–water partition coefficient (Wildman–Crippen LogP) is 3.08. The number of carboxylic acid groups (broad SMARTS) is 1. The zero-order valence-electron chi connectivity index (χ0n) is 11.7. The minimum atomic E-state index is -1.07. The molecular formula is C15H15NO4S. The molecule has 0 saturated carbocycles. The maximum atomic E-state index is 11.8. The van der Waals surface area contributed by atoms with Crippen molar-refractivity contribution in [3.05, 3.63) is 45.6 Å². The van der Waals surface area contributed by atoms with E-state index in [1.165, 1.54) is 16.7 Å². The molecule has 0 atom stereocenters. The van der Waals surface area contributed by atoms with Crippen LogP contribution in [0.1, 0.15) is 21.5 Å². The van der Waals surface area contributed by atoms with E-state index in [9.17, 15) is 9.59 Å². The second kappa shape index (κ2) is 6.41. The number of benzene rings is 1. The van der Waals surface area contributed by atoms with Crippen molar-refractivity contribution >= 4 is 28.9 Å². The molecule has 0 aliphatic heterocycles. The Balaban J connectivity index is 1.98. The predicted molar refractivity (Wildman–Crippen MR) is 81.3 cm³/mol. The van der Waals surface area contributed by atoms with Crippen molar-refractivity contribution in [2.24, 2.45) is 0 Å². The lowest BCUT2D eigenvalue weighted by molar-refractivity contribution is -0.118. The van der Waals surface area contributed by atoms with Crippen LogP contribution in [0, 0.1) is 13.8 Å². The van der Waals surface area contributed by atoms with Crippen LogP contribution in [0.25, 0.3) is 0 Å². The van der Waals surface area contributed by atoms with E-state index in [1.54, 1.807) is 5.38 Å². The number of aryl methyl sites for hydroxylation is 2. The molecule has 1 heterocycles. The van der Waals surface area contributed by atoms with Gasteiger partial charge in [0.2, 0.25) is 0 Å². The number of carbonyl (C=O) groups excluding carboxylic acids is 1. The molecule has 2 N–H and O–H groups in total. The number of amides is 1. The molecule has 0 fully saturated rings. The third-order valence-electron chi connectivity index (χ3n) is 2.87. The fourth-order valence-corrected chi connectivity index (χ4v) is 2.51. The Labute approximate surface area is 126 Å². The molecular weight excluding hydrogens is 290 g/mol. The third-order valence-corrected chi connectivity index (χ3v) is 3.61. The van der Waals surface area contributed by atoms with Gasteiger partial charge >= 0.3 is 5.97 Å². The van der Waals surface area contributed by atoms with E-state index in [1.807, 2.05) is 32.0 Å². The maximum Gasteiger partial charge on any atom is 0.338 e. The van der Waals surface area contributed by atoms with E-state index in [2.05, 4.69) is 5.32 Å². The average molecular weight is 305 g/mol. The highest BCUT2D eigenvalue weighted by atomic mass is 32.1. The lowest BCUT2D eigenvalue weighted by Crippen LogP contribution is -2.21. The first-order chi connectivity index (χ1) is 9.97. The van der Waals surface area contributed by atoms with Crippen molar-refractivity contribution in [2.75, 3.05) is 11.9 Å². The molecule has 5 nitrogen and oxygen atoms in total. The van der Waals surface area contributed by atoms with Crippen LogP contribution >= 0.6 is 11.3 Å². The molecule has 110 valence electrons. The minimum absolute atomic E-state index is 0.0834. The average Bonchev–Trinajstić information content (AvgIpc) is 2.88. The summed E-state index contributed by atoms with van der Waals surface area (Å²) >= 11 is 1.22. The van der Waals surface area contributed by atoms with Gasteiger partial charge in [-0.2, -0.15) is 0 Å². The molecule has 0 saturated heterocycles. The van der Waals surface area contributed by atoms with Gasteiger partial charge in [-0.15, -0.1) is 11.3 Å². The SMILES string of the molecule is Cc1ccc(C)c(OCC(=O)Nc2cscc2C(=O)O)c1. The molecule has 1 amide bonds. The Bertz CT molecular complexity index is 678. The summed E-state index contributed by atoms with van der Waals surface area (Å²) in [6.07, 6.45) is 0. The highest BCUT2D eigenvalue weighted by Gasteiger charge is 2.14. The number of anilines is 1. The van der Waals surface area contributed by atoms with Gasteiger partial charge in [0.05, 0.1) is 11.3 Å². The van der Waals surface area contributed by atoms with Crippen molar-refractivity contribution in [3.8, 4) is 5.75 Å². The molecule has 0 spiro atoms. The first kappa shape index (κ1) is 15.1. The van der Waals surface area contributed by atoms with E-state index in [0.29, 0.717) is 11.4 Å². The zero-order chi connectivity index (χ0) is 15.4. The van der Waals surface area contributed by atoms with Gasteiger partial charge in [0.1, 0.15) is 5.75 Å². The summed E-state index contributed by atoms with van der Waals surface area (Å²) < 4.78 is 5.47. The quantitative estimate of drug-likeness (QED) is 0.890. The van der Waals surface area contributed by atoms with E-state index in [0.717, 1.165) is 11.1 Å². The number of aromatic carboxylic acids is 1. The van der Waals surface area contributed by atoms with Crippen molar-refractivity contribution in [1.29, 1.82) is 0 Å². The normalized spacial score (nSPS) is 10.2. The second-order valence-electron chi connectivity index (χ2n) is 4.61. The summed E-state index contributed by atoms with van der Waals surface area (Å²) in [4.78, 5) is 22.8. The van der Waals surface area contributed by atoms with Gasteiger partial charge in [0, 0.05) is 10.8 Å². The summed E-state index contributed by atoms with van der Waals surface area (Å²) in [6, 6.07) is 5.74. The molecule has 2 rings (SSSR count). The summed E-state index contributed by atoms with van der Waals surface area (Å²) in [5, 5.41) is 14.6. The van der Waals surface area contributed by atoms with Gasteiger partial charge in [0.15, 0.2) is 6.61 Å². The van der Waals surface area contributed by atoms with Crippen LogP contribution in [0.15, 0.2) is 29.0 Å². The van der Waals surface area contributed by atoms with Crippen molar-refractivity contribution < 1.29 is 19.4 Å². The van der Waals surface area contributed by atoms with Crippen LogP contribution in [0.5, 0.6) is 5.75 Å². The van der Waals surface area contributed by atoms with Gasteiger partial charge in [-0.3, -0.25) is 4.79 Å². The summed E-state index contributed by atoms with van der Waals surface area (Å²) in [5.74, 6) is -0.812. The van der Waals surface area contributed by atoms with Gasteiger partial charge in [0.25, 0.3) is 5.91 Å². The van der Waals surface area contributed by atoms with Crippen LogP contribution < -0.4 is 10.1 Å². The zero-order valence-corrected chi connectivity index (χ0v) is 12.5. The van der Waals surface area contributed by atoms with E-state index in [-0.39, 0.29) is 12.2 Å². The van der Waals surface area contributed by atoms with E-state index >= 15 is 0 Å². The second-order valence-corrected chi connectivity index (χ2v) is 5.35. The van der Waals surface area contributed by atoms with Gasteiger partial charge < -0.3 is 15.2 Å². The monoisotopic (exact) mass is 305 g/mol. The molecule has 0 aliphatic carbocycles. The molecule has 1 aromatic carbocycles.